The Kier molecular flexibility index (Phi) is 5.87. The Morgan fingerprint density at radius 3 is 2.50 bits per heavy atom. The highest BCUT2D eigenvalue weighted by Gasteiger charge is 2.11. The molecule has 0 heterocycles. The number of nitrogens with zero attached hydrogens (tertiary/aromatic N) is 1. The molecule has 1 amide bonds. The maximum absolute atomic E-state index is 10.6. The van der Waals surface area contributed by atoms with Crippen LogP contribution in [0.1, 0.15) is 20.3 Å². The van der Waals surface area contributed by atoms with E-state index >= 15 is 0 Å². The lowest BCUT2D eigenvalue weighted by Crippen LogP contribution is -2.39. The van der Waals surface area contributed by atoms with Gasteiger partial charge in [-0.2, -0.15) is 0 Å². The summed E-state index contributed by atoms with van der Waals surface area (Å²) in [5, 5.41) is 10.6. The molecular formula is C9H18N2O3. The molecule has 5 heteroatoms. The second-order valence-electron chi connectivity index (χ2n) is 3.30. The summed E-state index contributed by atoms with van der Waals surface area (Å²) in [4.78, 5) is 22.8. The number of aliphatic carboxylic acids is 1. The van der Waals surface area contributed by atoms with Gasteiger partial charge in [-0.05, 0) is 20.4 Å². The summed E-state index contributed by atoms with van der Waals surface area (Å²) in [6, 6.07) is 0.441. The fraction of sp³-hybridized carbons (Fsp3) is 0.778. The van der Waals surface area contributed by atoms with Crippen molar-refractivity contribution in [1.82, 2.24) is 10.2 Å². The van der Waals surface area contributed by atoms with Crippen LogP contribution in [0.25, 0.3) is 0 Å². The number of carbonyl (C=O) groups is 2. The number of carboxylic acids is 1. The molecular weight excluding hydrogens is 184 g/mol. The number of carboxylic acid groups (broad SMARTS) is 1. The highest BCUT2D eigenvalue weighted by molar-refractivity contribution is 6.31. The molecule has 2 N–H and O–H groups in total. The lowest BCUT2D eigenvalue weighted by atomic mass is 10.2. The van der Waals surface area contributed by atoms with Crippen LogP contribution in [-0.2, 0) is 9.59 Å². The molecule has 0 saturated carbocycles. The first-order chi connectivity index (χ1) is 6.49. The van der Waals surface area contributed by atoms with Crippen LogP contribution in [0.2, 0.25) is 0 Å². The lowest BCUT2D eigenvalue weighted by Gasteiger charge is -2.23. The summed E-state index contributed by atoms with van der Waals surface area (Å²) >= 11 is 0. The van der Waals surface area contributed by atoms with Crippen molar-refractivity contribution < 1.29 is 14.7 Å². The summed E-state index contributed by atoms with van der Waals surface area (Å²) in [5.74, 6) is -2.38. The minimum atomic E-state index is -1.43. The van der Waals surface area contributed by atoms with Crippen LogP contribution < -0.4 is 5.32 Å². The standard InChI is InChI=1S/C9H18N2O3/c1-4-7(2)11(3)6-5-10-8(12)9(13)14/h7H,4-6H2,1-3H3,(H,10,12)(H,13,14). The summed E-state index contributed by atoms with van der Waals surface area (Å²) in [6.45, 7) is 5.19. The van der Waals surface area contributed by atoms with Gasteiger partial charge in [0.2, 0.25) is 0 Å². The zero-order valence-electron chi connectivity index (χ0n) is 8.91. The first kappa shape index (κ1) is 12.9. The molecule has 0 aromatic carbocycles. The van der Waals surface area contributed by atoms with Crippen LogP contribution in [0.4, 0.5) is 0 Å². The van der Waals surface area contributed by atoms with Crippen molar-refractivity contribution in [2.45, 2.75) is 26.3 Å². The molecule has 0 aromatic rings. The summed E-state index contributed by atoms with van der Waals surface area (Å²) in [6.07, 6.45) is 1.03. The van der Waals surface area contributed by atoms with Gasteiger partial charge >= 0.3 is 11.9 Å². The second kappa shape index (κ2) is 6.37. The van der Waals surface area contributed by atoms with Gasteiger partial charge in [0, 0.05) is 19.1 Å². The van der Waals surface area contributed by atoms with E-state index in [9.17, 15) is 9.59 Å². The monoisotopic (exact) mass is 202 g/mol. The van der Waals surface area contributed by atoms with Crippen LogP contribution in [0.3, 0.4) is 0 Å². The molecule has 0 saturated heterocycles. The fourth-order valence-electron chi connectivity index (χ4n) is 0.953. The molecule has 0 aliphatic carbocycles. The molecule has 0 aromatic heterocycles. The Labute approximate surface area is 84.1 Å². The lowest BCUT2D eigenvalue weighted by molar-refractivity contribution is -0.150. The van der Waals surface area contributed by atoms with Crippen LogP contribution in [0.5, 0.6) is 0 Å². The Balaban J connectivity index is 3.64. The van der Waals surface area contributed by atoms with Gasteiger partial charge in [-0.3, -0.25) is 4.79 Å². The van der Waals surface area contributed by atoms with E-state index in [1.54, 1.807) is 0 Å². The maximum Gasteiger partial charge on any atom is 0.394 e. The average molecular weight is 202 g/mol. The van der Waals surface area contributed by atoms with E-state index < -0.39 is 11.9 Å². The van der Waals surface area contributed by atoms with E-state index in [0.29, 0.717) is 19.1 Å². The molecule has 0 bridgehead atoms. The van der Waals surface area contributed by atoms with Gasteiger partial charge in [-0.25, -0.2) is 4.79 Å². The topological polar surface area (TPSA) is 69.6 Å². The largest absolute Gasteiger partial charge is 0.474 e. The molecule has 1 atom stereocenters. The van der Waals surface area contributed by atoms with E-state index in [2.05, 4.69) is 24.1 Å². The molecule has 82 valence electrons. The molecule has 0 spiro atoms. The van der Waals surface area contributed by atoms with Gasteiger partial charge in [0.1, 0.15) is 0 Å². The smallest absolute Gasteiger partial charge is 0.394 e. The molecule has 1 unspecified atom stereocenters. The van der Waals surface area contributed by atoms with E-state index in [0.717, 1.165) is 6.42 Å². The third-order valence-corrected chi connectivity index (χ3v) is 2.29. The first-order valence-corrected chi connectivity index (χ1v) is 4.70. The Bertz CT molecular complexity index is 206. The highest BCUT2D eigenvalue weighted by Crippen LogP contribution is 1.97. The van der Waals surface area contributed by atoms with E-state index in [-0.39, 0.29) is 0 Å². The van der Waals surface area contributed by atoms with Gasteiger partial charge in [-0.1, -0.05) is 6.92 Å². The van der Waals surface area contributed by atoms with Crippen molar-refractivity contribution in [3.63, 3.8) is 0 Å². The van der Waals surface area contributed by atoms with Gasteiger partial charge < -0.3 is 15.3 Å². The highest BCUT2D eigenvalue weighted by atomic mass is 16.4. The fourth-order valence-corrected chi connectivity index (χ4v) is 0.953. The van der Waals surface area contributed by atoms with Crippen molar-refractivity contribution in [1.29, 1.82) is 0 Å². The zero-order chi connectivity index (χ0) is 11.1. The van der Waals surface area contributed by atoms with Crippen molar-refractivity contribution in [2.75, 3.05) is 20.1 Å². The maximum atomic E-state index is 10.6. The van der Waals surface area contributed by atoms with Crippen LogP contribution in [0.15, 0.2) is 0 Å². The van der Waals surface area contributed by atoms with Crippen molar-refractivity contribution in [3.05, 3.63) is 0 Å². The Morgan fingerprint density at radius 2 is 2.07 bits per heavy atom. The number of hydrogen-bond acceptors (Lipinski definition) is 3. The van der Waals surface area contributed by atoms with E-state index in [4.69, 9.17) is 5.11 Å². The number of carbonyl (C=O) groups excluding carboxylic acids is 1. The molecule has 0 fully saturated rings. The van der Waals surface area contributed by atoms with Gasteiger partial charge in [0.15, 0.2) is 0 Å². The Morgan fingerprint density at radius 1 is 1.50 bits per heavy atom. The van der Waals surface area contributed by atoms with Gasteiger partial charge in [0.25, 0.3) is 0 Å². The molecule has 0 aliphatic rings. The number of hydrogen-bond donors (Lipinski definition) is 2. The summed E-state index contributed by atoms with van der Waals surface area (Å²) in [7, 11) is 1.95. The molecule has 0 rings (SSSR count). The summed E-state index contributed by atoms with van der Waals surface area (Å²) < 4.78 is 0. The number of amides is 1. The van der Waals surface area contributed by atoms with Crippen LogP contribution in [0, 0.1) is 0 Å². The quantitative estimate of drug-likeness (QED) is 0.612. The molecule has 0 aliphatic heterocycles. The van der Waals surface area contributed by atoms with Crippen molar-refractivity contribution >= 4 is 11.9 Å². The second-order valence-corrected chi connectivity index (χ2v) is 3.30. The third-order valence-electron chi connectivity index (χ3n) is 2.29. The van der Waals surface area contributed by atoms with Crippen LogP contribution in [-0.4, -0.2) is 48.1 Å². The van der Waals surface area contributed by atoms with E-state index in [1.165, 1.54) is 0 Å². The first-order valence-electron chi connectivity index (χ1n) is 4.70. The molecule has 0 radical (unpaired) electrons. The molecule has 5 nitrogen and oxygen atoms in total. The van der Waals surface area contributed by atoms with Crippen LogP contribution >= 0.6 is 0 Å². The van der Waals surface area contributed by atoms with Gasteiger partial charge in [-0.15, -0.1) is 0 Å². The zero-order valence-corrected chi connectivity index (χ0v) is 8.91. The van der Waals surface area contributed by atoms with Gasteiger partial charge in [0.05, 0.1) is 0 Å². The van der Waals surface area contributed by atoms with E-state index in [1.807, 2.05) is 7.05 Å². The predicted molar refractivity (Wildman–Crippen MR) is 53.0 cm³/mol. The molecule has 14 heavy (non-hydrogen) atoms. The van der Waals surface area contributed by atoms with Crippen molar-refractivity contribution in [2.24, 2.45) is 0 Å². The Hall–Kier alpha value is -1.10. The number of nitrogens with one attached hydrogen (secondary N) is 1. The minimum Gasteiger partial charge on any atom is -0.474 e. The SMILES string of the molecule is CCC(C)N(C)CCNC(=O)C(=O)O. The number of likely N-dealkylation sites (N-methyl/N-ethyl adjacent to an activating group) is 1. The minimum absolute atomic E-state index is 0.367. The number of rotatable bonds is 5. The summed E-state index contributed by atoms with van der Waals surface area (Å²) in [5.41, 5.74) is 0. The third kappa shape index (κ3) is 4.81. The normalized spacial score (nSPS) is 12.6. The van der Waals surface area contributed by atoms with Crippen molar-refractivity contribution in [3.8, 4) is 0 Å². The average Bonchev–Trinajstić information content (AvgIpc) is 2.15. The predicted octanol–water partition coefficient (Wildman–Crippen LogP) is -0.0825.